The van der Waals surface area contributed by atoms with Gasteiger partial charge in [0, 0.05) is 40.5 Å². The number of amides is 1. The van der Waals surface area contributed by atoms with Crippen LogP contribution in [-0.4, -0.2) is 30.6 Å². The number of nitrogens with one attached hydrogen (secondary N) is 3. The predicted octanol–water partition coefficient (Wildman–Crippen LogP) is 3.58. The molecular weight excluding hydrogens is 442 g/mol. The van der Waals surface area contributed by atoms with Crippen molar-refractivity contribution < 1.29 is 22.8 Å². The molecule has 2 aromatic heterocycles. The fourth-order valence-electron chi connectivity index (χ4n) is 4.63. The van der Waals surface area contributed by atoms with E-state index < -0.39 is 22.0 Å². The molecule has 1 amide bonds. The number of aromatic nitrogens is 1. The number of furan rings is 1. The molecule has 2 aromatic carbocycles. The first-order valence-corrected chi connectivity index (χ1v) is 12.5. The maximum absolute atomic E-state index is 13.1. The molecule has 9 heteroatoms. The lowest BCUT2D eigenvalue weighted by Gasteiger charge is -2.17. The van der Waals surface area contributed by atoms with E-state index in [-0.39, 0.29) is 11.3 Å². The van der Waals surface area contributed by atoms with Crippen LogP contribution in [0.5, 0.6) is 0 Å². The highest BCUT2D eigenvalue weighted by molar-refractivity contribution is 7.89. The van der Waals surface area contributed by atoms with Gasteiger partial charge in [0.1, 0.15) is 17.4 Å². The van der Waals surface area contributed by atoms with Crippen LogP contribution in [0.25, 0.3) is 21.9 Å². The van der Waals surface area contributed by atoms with Gasteiger partial charge in [-0.1, -0.05) is 18.2 Å². The van der Waals surface area contributed by atoms with Crippen molar-refractivity contribution in [3.05, 3.63) is 65.5 Å². The fourth-order valence-corrected chi connectivity index (χ4v) is 5.87. The first kappa shape index (κ1) is 21.7. The average Bonchev–Trinajstić information content (AvgIpc) is 3.42. The third kappa shape index (κ3) is 4.15. The van der Waals surface area contributed by atoms with Crippen molar-refractivity contribution in [2.45, 2.75) is 49.5 Å². The second kappa shape index (κ2) is 8.66. The number of fused-ring (bicyclic) bond motifs is 4. The second-order valence-corrected chi connectivity index (χ2v) is 10.1. The lowest BCUT2D eigenvalue weighted by molar-refractivity contribution is -0.131. The van der Waals surface area contributed by atoms with Crippen molar-refractivity contribution in [1.29, 1.82) is 0 Å². The molecule has 0 aliphatic heterocycles. The summed E-state index contributed by atoms with van der Waals surface area (Å²) >= 11 is 0. The van der Waals surface area contributed by atoms with Gasteiger partial charge in [0.15, 0.2) is 0 Å². The van der Waals surface area contributed by atoms with Crippen LogP contribution >= 0.6 is 0 Å². The number of hydrogen-bond donors (Lipinski definition) is 4. The van der Waals surface area contributed by atoms with Crippen LogP contribution in [0.1, 0.15) is 36.1 Å². The van der Waals surface area contributed by atoms with Gasteiger partial charge in [0.2, 0.25) is 10.0 Å². The van der Waals surface area contributed by atoms with E-state index in [1.54, 1.807) is 11.5 Å². The van der Waals surface area contributed by atoms with Crippen LogP contribution in [0.2, 0.25) is 0 Å². The van der Waals surface area contributed by atoms with Crippen LogP contribution in [0.15, 0.2) is 58.0 Å². The Kier molecular flexibility index (Phi) is 5.69. The Morgan fingerprint density at radius 2 is 1.94 bits per heavy atom. The van der Waals surface area contributed by atoms with E-state index in [4.69, 9.17) is 4.42 Å². The summed E-state index contributed by atoms with van der Waals surface area (Å²) < 4.78 is 34.6. The van der Waals surface area contributed by atoms with Crippen LogP contribution < -0.4 is 10.2 Å². The third-order valence-electron chi connectivity index (χ3n) is 6.34. The maximum atomic E-state index is 13.1. The highest BCUT2D eigenvalue weighted by Crippen LogP contribution is 2.33. The SMILES string of the molecule is O=C(NO)[C@H](CCc1c[nH]c2ccccc12)NS(=O)(=O)c1ccc2c3c(oc2c1)CCCC3. The molecule has 0 saturated heterocycles. The topological polar surface area (TPSA) is 124 Å². The van der Waals surface area contributed by atoms with Gasteiger partial charge in [0.25, 0.3) is 5.91 Å². The lowest BCUT2D eigenvalue weighted by Crippen LogP contribution is -2.46. The van der Waals surface area contributed by atoms with Crippen molar-refractivity contribution in [2.75, 3.05) is 0 Å². The first-order valence-electron chi connectivity index (χ1n) is 11.0. The monoisotopic (exact) mass is 467 g/mol. The number of aryl methyl sites for hydroxylation is 3. The number of rotatable bonds is 7. The smallest absolute Gasteiger partial charge is 0.261 e. The van der Waals surface area contributed by atoms with Crippen LogP contribution in [0.4, 0.5) is 0 Å². The quantitative estimate of drug-likeness (QED) is 0.244. The van der Waals surface area contributed by atoms with Crippen molar-refractivity contribution in [2.24, 2.45) is 0 Å². The molecule has 5 rings (SSSR count). The van der Waals surface area contributed by atoms with Crippen LogP contribution in [0.3, 0.4) is 0 Å². The molecule has 8 nitrogen and oxygen atoms in total. The number of H-pyrrole nitrogens is 1. The van der Waals surface area contributed by atoms with Gasteiger partial charge >= 0.3 is 0 Å². The van der Waals surface area contributed by atoms with Gasteiger partial charge in [0.05, 0.1) is 4.90 Å². The maximum Gasteiger partial charge on any atom is 0.261 e. The molecule has 0 unspecified atom stereocenters. The summed E-state index contributed by atoms with van der Waals surface area (Å²) in [5.41, 5.74) is 5.19. The fraction of sp³-hybridized carbons (Fsp3) is 0.292. The number of aromatic amines is 1. The molecule has 1 atom stereocenters. The molecule has 0 bridgehead atoms. The third-order valence-corrected chi connectivity index (χ3v) is 7.81. The summed E-state index contributed by atoms with van der Waals surface area (Å²) in [5, 5.41) is 11.1. The zero-order valence-corrected chi connectivity index (χ0v) is 18.7. The minimum absolute atomic E-state index is 0.0175. The number of benzene rings is 2. The number of para-hydroxylation sites is 1. The highest BCUT2D eigenvalue weighted by atomic mass is 32.2. The molecule has 0 fully saturated rings. The van der Waals surface area contributed by atoms with E-state index in [0.29, 0.717) is 12.0 Å². The molecule has 1 aliphatic rings. The molecule has 1 aliphatic carbocycles. The number of hydroxylamine groups is 1. The summed E-state index contributed by atoms with van der Waals surface area (Å²) in [6.07, 6.45) is 6.40. The number of carbonyl (C=O) groups excluding carboxylic acids is 1. The molecule has 4 aromatic rings. The Bertz CT molecular complexity index is 1440. The largest absolute Gasteiger partial charge is 0.461 e. The number of hydrogen-bond acceptors (Lipinski definition) is 5. The zero-order valence-electron chi connectivity index (χ0n) is 17.9. The van der Waals surface area contributed by atoms with E-state index in [2.05, 4.69) is 9.71 Å². The minimum Gasteiger partial charge on any atom is -0.461 e. The van der Waals surface area contributed by atoms with Gasteiger partial charge in [-0.15, -0.1) is 0 Å². The summed E-state index contributed by atoms with van der Waals surface area (Å²) in [5.74, 6) is 0.114. The minimum atomic E-state index is -4.03. The Hall–Kier alpha value is -3.14. The van der Waals surface area contributed by atoms with Crippen molar-refractivity contribution in [3.8, 4) is 0 Å². The average molecular weight is 468 g/mol. The van der Waals surface area contributed by atoms with Gasteiger partial charge < -0.3 is 9.40 Å². The van der Waals surface area contributed by atoms with E-state index in [9.17, 15) is 18.4 Å². The number of sulfonamides is 1. The van der Waals surface area contributed by atoms with E-state index in [0.717, 1.165) is 58.9 Å². The number of carbonyl (C=O) groups is 1. The molecule has 4 N–H and O–H groups in total. The summed E-state index contributed by atoms with van der Waals surface area (Å²) in [6.45, 7) is 0. The van der Waals surface area contributed by atoms with Crippen LogP contribution in [-0.2, 0) is 34.1 Å². The van der Waals surface area contributed by atoms with E-state index in [1.807, 2.05) is 30.5 Å². The Morgan fingerprint density at radius 1 is 1.12 bits per heavy atom. The van der Waals surface area contributed by atoms with Gasteiger partial charge in [-0.25, -0.2) is 13.9 Å². The molecule has 172 valence electrons. The molecule has 0 spiro atoms. The normalized spacial score (nSPS) is 14.9. The van der Waals surface area contributed by atoms with Gasteiger partial charge in [-0.2, -0.15) is 4.72 Å². The lowest BCUT2D eigenvalue weighted by atomic mass is 9.96. The van der Waals surface area contributed by atoms with Crippen molar-refractivity contribution in [1.82, 2.24) is 15.2 Å². The molecular formula is C24H25N3O5S. The van der Waals surface area contributed by atoms with Crippen molar-refractivity contribution >= 4 is 37.8 Å². The highest BCUT2D eigenvalue weighted by Gasteiger charge is 2.27. The summed E-state index contributed by atoms with van der Waals surface area (Å²) in [4.78, 5) is 15.5. The zero-order chi connectivity index (χ0) is 23.0. The standard InChI is InChI=1S/C24H25N3O5S/c28-24(26-29)21(12-9-15-14-25-20-7-3-1-5-17(15)20)27-33(30,31)16-10-11-19-18-6-2-4-8-22(18)32-23(19)13-16/h1,3,5,7,10-11,13-14,21,25,27,29H,2,4,6,8-9,12H2,(H,26,28)/t21-/m0/s1. The first-order chi connectivity index (χ1) is 16.0. The Balaban J connectivity index is 1.38. The molecule has 0 radical (unpaired) electrons. The van der Waals surface area contributed by atoms with Crippen LogP contribution in [0, 0.1) is 0 Å². The summed E-state index contributed by atoms with van der Waals surface area (Å²) in [7, 11) is -4.03. The molecule has 0 saturated carbocycles. The second-order valence-electron chi connectivity index (χ2n) is 8.42. The Labute approximate surface area is 191 Å². The molecule has 33 heavy (non-hydrogen) atoms. The molecule has 2 heterocycles. The summed E-state index contributed by atoms with van der Waals surface area (Å²) in [6, 6.07) is 11.4. The van der Waals surface area contributed by atoms with Gasteiger partial charge in [-0.05, 0) is 55.9 Å². The van der Waals surface area contributed by atoms with Gasteiger partial charge in [-0.3, -0.25) is 10.0 Å². The van der Waals surface area contributed by atoms with E-state index in [1.165, 1.54) is 12.1 Å². The van der Waals surface area contributed by atoms with E-state index >= 15 is 0 Å². The Morgan fingerprint density at radius 3 is 2.79 bits per heavy atom. The van der Waals surface area contributed by atoms with Crippen molar-refractivity contribution in [3.63, 3.8) is 0 Å². The predicted molar refractivity (Wildman–Crippen MR) is 124 cm³/mol.